The van der Waals surface area contributed by atoms with Crippen molar-refractivity contribution in [3.8, 4) is 11.3 Å². The summed E-state index contributed by atoms with van der Waals surface area (Å²) < 4.78 is 57.1. The van der Waals surface area contributed by atoms with Gasteiger partial charge in [-0.25, -0.2) is 4.39 Å². The quantitative estimate of drug-likeness (QED) is 0.349. The Morgan fingerprint density at radius 2 is 1.67 bits per heavy atom. The van der Waals surface area contributed by atoms with Crippen molar-refractivity contribution in [2.75, 3.05) is 0 Å². The number of hydrogen-bond acceptors (Lipinski definition) is 3. The zero-order valence-electron chi connectivity index (χ0n) is 17.1. The van der Waals surface area contributed by atoms with Crippen LogP contribution >= 0.6 is 0 Å². The third kappa shape index (κ3) is 3.72. The van der Waals surface area contributed by atoms with Crippen LogP contribution in [0.2, 0.25) is 0 Å². The van der Waals surface area contributed by atoms with Gasteiger partial charge < -0.3 is 9.67 Å². The summed E-state index contributed by atoms with van der Waals surface area (Å²) >= 11 is 0. The molecule has 5 rings (SSSR count). The molecule has 8 heteroatoms. The number of hydrogen-bond donors (Lipinski definition) is 1. The molecular formula is C25H17F4N3O. The van der Waals surface area contributed by atoms with Crippen LogP contribution in [-0.2, 0) is 12.1 Å². The van der Waals surface area contributed by atoms with Crippen LogP contribution in [0.5, 0.6) is 0 Å². The van der Waals surface area contributed by atoms with E-state index >= 15 is 0 Å². The van der Waals surface area contributed by atoms with Gasteiger partial charge in [0.25, 0.3) is 0 Å². The highest BCUT2D eigenvalue weighted by atomic mass is 19.4. The van der Waals surface area contributed by atoms with Gasteiger partial charge in [0.05, 0.1) is 23.3 Å². The summed E-state index contributed by atoms with van der Waals surface area (Å²) in [7, 11) is 0. The van der Waals surface area contributed by atoms with Crippen LogP contribution < -0.4 is 0 Å². The Balaban J connectivity index is 1.56. The molecule has 0 radical (unpaired) electrons. The van der Waals surface area contributed by atoms with E-state index in [0.717, 1.165) is 0 Å². The molecule has 5 aromatic rings. The lowest BCUT2D eigenvalue weighted by Crippen LogP contribution is -2.45. The van der Waals surface area contributed by atoms with Crippen LogP contribution in [0, 0.1) is 5.82 Å². The van der Waals surface area contributed by atoms with Crippen molar-refractivity contribution in [3.05, 3.63) is 96.7 Å². The number of benzene rings is 2. The van der Waals surface area contributed by atoms with Gasteiger partial charge in [-0.15, -0.1) is 0 Å². The second-order valence-electron chi connectivity index (χ2n) is 7.85. The maximum atomic E-state index is 14.2. The van der Waals surface area contributed by atoms with Crippen molar-refractivity contribution < 1.29 is 22.7 Å². The van der Waals surface area contributed by atoms with E-state index in [1.807, 2.05) is 0 Å². The molecule has 1 atom stereocenters. The molecule has 0 amide bonds. The van der Waals surface area contributed by atoms with Gasteiger partial charge in [0, 0.05) is 29.5 Å². The molecular weight excluding hydrogens is 434 g/mol. The molecule has 0 aliphatic heterocycles. The third-order valence-corrected chi connectivity index (χ3v) is 5.75. The van der Waals surface area contributed by atoms with Crippen LogP contribution in [0.4, 0.5) is 17.6 Å². The first-order valence-corrected chi connectivity index (χ1v) is 10.1. The van der Waals surface area contributed by atoms with Crippen molar-refractivity contribution in [1.29, 1.82) is 0 Å². The van der Waals surface area contributed by atoms with E-state index in [1.165, 1.54) is 47.3 Å². The van der Waals surface area contributed by atoms with Crippen LogP contribution in [0.3, 0.4) is 0 Å². The van der Waals surface area contributed by atoms with Gasteiger partial charge in [0.1, 0.15) is 5.82 Å². The number of nitrogens with zero attached hydrogens (tertiary/aromatic N) is 3. The average molecular weight is 451 g/mol. The van der Waals surface area contributed by atoms with Gasteiger partial charge in [-0.05, 0) is 65.5 Å². The maximum Gasteiger partial charge on any atom is 0.423 e. The second-order valence-corrected chi connectivity index (χ2v) is 7.85. The van der Waals surface area contributed by atoms with Crippen LogP contribution in [0.1, 0.15) is 5.56 Å². The minimum absolute atomic E-state index is 0.287. The molecule has 4 nitrogen and oxygen atoms in total. The standard InChI is InChI=1S/C25H17F4N3O/c26-20-7-4-16(5-8-20)22-13-17-3-6-19(12-18(17)14-31-22)24(33,25(27,28)29)15-32-11-9-21-23(32)2-1-10-30-21/h1-14,33H,15H2. The van der Waals surface area contributed by atoms with Crippen molar-refractivity contribution in [3.63, 3.8) is 0 Å². The summed E-state index contributed by atoms with van der Waals surface area (Å²) in [5.41, 5.74) is -1.14. The van der Waals surface area contributed by atoms with E-state index in [2.05, 4.69) is 9.97 Å². The predicted molar refractivity (Wildman–Crippen MR) is 117 cm³/mol. The van der Waals surface area contributed by atoms with Gasteiger partial charge in [0.2, 0.25) is 5.60 Å². The topological polar surface area (TPSA) is 50.9 Å². The fourth-order valence-corrected chi connectivity index (χ4v) is 3.93. The highest BCUT2D eigenvalue weighted by Crippen LogP contribution is 2.42. The molecule has 2 aromatic carbocycles. The Morgan fingerprint density at radius 1 is 0.879 bits per heavy atom. The normalized spacial score (nSPS) is 14.0. The zero-order valence-corrected chi connectivity index (χ0v) is 17.1. The molecule has 0 aliphatic carbocycles. The molecule has 1 N–H and O–H groups in total. The molecule has 0 saturated heterocycles. The van der Waals surface area contributed by atoms with Crippen molar-refractivity contribution in [2.45, 2.75) is 18.3 Å². The number of aromatic nitrogens is 3. The first-order valence-electron chi connectivity index (χ1n) is 10.1. The lowest BCUT2D eigenvalue weighted by molar-refractivity contribution is -0.271. The minimum Gasteiger partial charge on any atom is -0.375 e. The van der Waals surface area contributed by atoms with Crippen LogP contribution in [0.25, 0.3) is 33.1 Å². The first-order chi connectivity index (χ1) is 15.7. The number of alkyl halides is 3. The van der Waals surface area contributed by atoms with E-state index < -0.39 is 18.3 Å². The summed E-state index contributed by atoms with van der Waals surface area (Å²) in [6, 6.07) is 16.5. The Morgan fingerprint density at radius 3 is 2.42 bits per heavy atom. The number of aliphatic hydroxyl groups is 1. The molecule has 0 saturated carbocycles. The molecule has 166 valence electrons. The van der Waals surface area contributed by atoms with Crippen molar-refractivity contribution in [2.24, 2.45) is 0 Å². The smallest absolute Gasteiger partial charge is 0.375 e. The van der Waals surface area contributed by atoms with Crippen LogP contribution in [-0.4, -0.2) is 25.8 Å². The summed E-state index contributed by atoms with van der Waals surface area (Å²) in [6.07, 6.45) is -0.449. The van der Waals surface area contributed by atoms with Gasteiger partial charge in [0.15, 0.2) is 0 Å². The van der Waals surface area contributed by atoms with E-state index in [4.69, 9.17) is 0 Å². The minimum atomic E-state index is -4.93. The number of fused-ring (bicyclic) bond motifs is 2. The van der Waals surface area contributed by atoms with E-state index in [0.29, 0.717) is 33.1 Å². The molecule has 3 aromatic heterocycles. The van der Waals surface area contributed by atoms with Gasteiger partial charge >= 0.3 is 6.18 Å². The highest BCUT2D eigenvalue weighted by molar-refractivity contribution is 5.86. The first kappa shape index (κ1) is 21.1. The van der Waals surface area contributed by atoms with Gasteiger partial charge in [-0.3, -0.25) is 9.97 Å². The Bertz CT molecular complexity index is 1460. The molecule has 0 spiro atoms. The average Bonchev–Trinajstić information content (AvgIpc) is 3.21. The lowest BCUT2D eigenvalue weighted by Gasteiger charge is -2.32. The highest BCUT2D eigenvalue weighted by Gasteiger charge is 2.55. The Kier molecular flexibility index (Phi) is 4.90. The maximum absolute atomic E-state index is 14.2. The Hall–Kier alpha value is -3.78. The van der Waals surface area contributed by atoms with Crippen LogP contribution in [0.15, 0.2) is 85.3 Å². The molecule has 0 bridgehead atoms. The fourth-order valence-electron chi connectivity index (χ4n) is 3.93. The largest absolute Gasteiger partial charge is 0.423 e. The summed E-state index contributed by atoms with van der Waals surface area (Å²) in [4.78, 5) is 8.44. The lowest BCUT2D eigenvalue weighted by atomic mass is 9.91. The molecule has 33 heavy (non-hydrogen) atoms. The summed E-state index contributed by atoms with van der Waals surface area (Å²) in [5, 5.41) is 12.0. The molecule has 1 unspecified atom stereocenters. The number of halogens is 4. The zero-order chi connectivity index (χ0) is 23.2. The third-order valence-electron chi connectivity index (χ3n) is 5.75. The molecule has 0 aliphatic rings. The molecule has 0 fully saturated rings. The summed E-state index contributed by atoms with van der Waals surface area (Å²) in [6.45, 7) is -0.724. The number of rotatable bonds is 4. The van der Waals surface area contributed by atoms with Gasteiger partial charge in [-0.2, -0.15) is 13.2 Å². The SMILES string of the molecule is OC(Cn1ccc2ncccc21)(c1ccc2cc(-c3ccc(F)cc3)ncc2c1)C(F)(F)F. The van der Waals surface area contributed by atoms with E-state index in [1.54, 1.807) is 42.6 Å². The van der Waals surface area contributed by atoms with Crippen molar-refractivity contribution >= 4 is 21.8 Å². The Labute approximate surface area is 185 Å². The fraction of sp³-hybridized carbons (Fsp3) is 0.120. The van der Waals surface area contributed by atoms with E-state index in [9.17, 15) is 22.7 Å². The summed E-state index contributed by atoms with van der Waals surface area (Å²) in [5.74, 6) is -0.373. The predicted octanol–water partition coefficient (Wildman–Crippen LogP) is 5.84. The second kappa shape index (κ2) is 7.67. The van der Waals surface area contributed by atoms with Crippen molar-refractivity contribution in [1.82, 2.24) is 14.5 Å². The molecule has 3 heterocycles. The van der Waals surface area contributed by atoms with Gasteiger partial charge in [-0.1, -0.05) is 12.1 Å². The number of pyridine rings is 2. The van der Waals surface area contributed by atoms with E-state index in [-0.39, 0.29) is 11.4 Å². The monoisotopic (exact) mass is 451 g/mol.